The average Bonchev–Trinajstić information content (AvgIpc) is 2.90. The van der Waals surface area contributed by atoms with Crippen molar-refractivity contribution in [3.8, 4) is 0 Å². The highest BCUT2D eigenvalue weighted by molar-refractivity contribution is 5.15. The zero-order chi connectivity index (χ0) is 13.0. The fourth-order valence-corrected chi connectivity index (χ4v) is 3.19. The molecule has 3 nitrogen and oxygen atoms in total. The summed E-state index contributed by atoms with van der Waals surface area (Å²) in [6.45, 7) is 11.2. The molecule has 0 spiro atoms. The van der Waals surface area contributed by atoms with E-state index in [1.165, 1.54) is 32.4 Å². The molecule has 18 heavy (non-hydrogen) atoms. The van der Waals surface area contributed by atoms with E-state index in [0.29, 0.717) is 6.04 Å². The summed E-state index contributed by atoms with van der Waals surface area (Å²) in [5.74, 6) is 1.16. The van der Waals surface area contributed by atoms with Crippen LogP contribution in [0.25, 0.3) is 0 Å². The number of ether oxygens (including phenoxy) is 1. The first-order chi connectivity index (χ1) is 8.66. The van der Waals surface area contributed by atoms with Crippen molar-refractivity contribution in [1.29, 1.82) is 0 Å². The molecule has 0 bridgehead atoms. The summed E-state index contributed by atoms with van der Waals surface area (Å²) in [5.41, 5.74) is 0.132. The van der Waals surface area contributed by atoms with Gasteiger partial charge in [0.2, 0.25) is 0 Å². The number of nitrogens with zero attached hydrogens (tertiary/aromatic N) is 1. The van der Waals surface area contributed by atoms with Gasteiger partial charge in [-0.1, -0.05) is 13.3 Å². The van der Waals surface area contributed by atoms with Crippen molar-refractivity contribution in [2.24, 2.45) is 0 Å². The lowest BCUT2D eigenvalue weighted by atomic mass is 9.88. The molecule has 0 amide bonds. The van der Waals surface area contributed by atoms with Crippen LogP contribution in [0.15, 0.2) is 11.8 Å². The van der Waals surface area contributed by atoms with E-state index in [1.54, 1.807) is 0 Å². The van der Waals surface area contributed by atoms with Crippen molar-refractivity contribution >= 4 is 0 Å². The molecule has 104 valence electrons. The summed E-state index contributed by atoms with van der Waals surface area (Å²) in [7, 11) is 0. The lowest BCUT2D eigenvalue weighted by molar-refractivity contribution is 0.0523. The fraction of sp³-hybridized carbons (Fsp3) is 0.867. The van der Waals surface area contributed by atoms with Crippen LogP contribution in [0, 0.1) is 0 Å². The Labute approximate surface area is 112 Å². The lowest BCUT2D eigenvalue weighted by Crippen LogP contribution is -2.59. The van der Waals surface area contributed by atoms with Gasteiger partial charge in [0.15, 0.2) is 0 Å². The predicted octanol–water partition coefficient (Wildman–Crippen LogP) is 2.53. The van der Waals surface area contributed by atoms with Crippen LogP contribution in [0.4, 0.5) is 0 Å². The molecule has 2 aliphatic rings. The normalized spacial score (nSPS) is 23.6. The number of likely N-dealkylation sites (tertiary alicyclic amines) is 1. The zero-order valence-electron chi connectivity index (χ0n) is 12.2. The van der Waals surface area contributed by atoms with Gasteiger partial charge in [0.25, 0.3) is 0 Å². The van der Waals surface area contributed by atoms with Crippen LogP contribution in [0.3, 0.4) is 0 Å². The Morgan fingerprint density at radius 1 is 1.33 bits per heavy atom. The number of hydrogen-bond donors (Lipinski definition) is 1. The third-order valence-electron chi connectivity index (χ3n) is 4.30. The van der Waals surface area contributed by atoms with Gasteiger partial charge in [-0.05, 0) is 52.4 Å². The summed E-state index contributed by atoms with van der Waals surface area (Å²) in [6, 6.07) is 0.322. The molecule has 0 radical (unpaired) electrons. The molecule has 0 aromatic heterocycles. The Morgan fingerprint density at radius 3 is 2.61 bits per heavy atom. The molecule has 1 atom stereocenters. The largest absolute Gasteiger partial charge is 0.496 e. The number of piperidine rings is 1. The smallest absolute Gasteiger partial charge is 0.111 e. The minimum Gasteiger partial charge on any atom is -0.496 e. The molecular formula is C15H28N2O. The molecule has 2 heterocycles. The van der Waals surface area contributed by atoms with Crippen molar-refractivity contribution in [2.45, 2.75) is 58.0 Å². The molecule has 2 aliphatic heterocycles. The Bertz CT molecular complexity index is 293. The van der Waals surface area contributed by atoms with E-state index in [4.69, 9.17) is 4.74 Å². The summed E-state index contributed by atoms with van der Waals surface area (Å²) < 4.78 is 5.82. The van der Waals surface area contributed by atoms with Gasteiger partial charge in [-0.25, -0.2) is 0 Å². The van der Waals surface area contributed by atoms with E-state index in [2.05, 4.69) is 37.1 Å². The molecule has 1 saturated heterocycles. The second kappa shape index (κ2) is 6.07. The van der Waals surface area contributed by atoms with Crippen LogP contribution in [0.5, 0.6) is 0 Å². The standard InChI is InChI=1S/C15H28N2O/c1-4-16-14(13-9-8-12-18-13)15(2,3)17-10-6-5-7-11-17/h9,14,16H,4-8,10-12H2,1-3H3. The Kier molecular flexibility index (Phi) is 4.68. The molecule has 1 unspecified atom stereocenters. The molecule has 0 aliphatic carbocycles. The van der Waals surface area contributed by atoms with E-state index in [1.807, 2.05) is 0 Å². The fourth-order valence-electron chi connectivity index (χ4n) is 3.19. The number of nitrogens with one attached hydrogen (secondary N) is 1. The van der Waals surface area contributed by atoms with Crippen LogP contribution >= 0.6 is 0 Å². The van der Waals surface area contributed by atoms with E-state index in [0.717, 1.165) is 25.3 Å². The minimum absolute atomic E-state index is 0.132. The van der Waals surface area contributed by atoms with Gasteiger partial charge in [-0.3, -0.25) is 4.90 Å². The SMILES string of the molecule is CCNC(C1=CCCO1)C(C)(C)N1CCCCC1. The number of rotatable bonds is 5. The second-order valence-corrected chi connectivity index (χ2v) is 5.94. The highest BCUT2D eigenvalue weighted by Crippen LogP contribution is 2.29. The number of likely N-dealkylation sites (N-methyl/N-ethyl adjacent to an activating group) is 1. The third kappa shape index (κ3) is 2.89. The monoisotopic (exact) mass is 252 g/mol. The maximum absolute atomic E-state index is 5.82. The molecular weight excluding hydrogens is 224 g/mol. The molecule has 3 heteroatoms. The van der Waals surface area contributed by atoms with Crippen LogP contribution in [0.1, 0.15) is 46.5 Å². The van der Waals surface area contributed by atoms with Crippen molar-refractivity contribution in [2.75, 3.05) is 26.2 Å². The van der Waals surface area contributed by atoms with Crippen molar-refractivity contribution in [3.05, 3.63) is 11.8 Å². The highest BCUT2D eigenvalue weighted by Gasteiger charge is 2.39. The van der Waals surface area contributed by atoms with Gasteiger partial charge < -0.3 is 10.1 Å². The predicted molar refractivity (Wildman–Crippen MR) is 75.6 cm³/mol. The molecule has 1 N–H and O–H groups in total. The summed E-state index contributed by atoms with van der Waals surface area (Å²) in [6.07, 6.45) is 7.38. The van der Waals surface area contributed by atoms with Gasteiger partial charge in [0.1, 0.15) is 5.76 Å². The Hall–Kier alpha value is -0.540. The minimum atomic E-state index is 0.132. The first-order valence-electron chi connectivity index (χ1n) is 7.47. The maximum atomic E-state index is 5.82. The first-order valence-corrected chi connectivity index (χ1v) is 7.47. The summed E-state index contributed by atoms with van der Waals surface area (Å²) in [4.78, 5) is 2.63. The van der Waals surface area contributed by atoms with Crippen molar-refractivity contribution in [1.82, 2.24) is 10.2 Å². The van der Waals surface area contributed by atoms with Crippen LogP contribution in [0.2, 0.25) is 0 Å². The Balaban J connectivity index is 2.11. The first kappa shape index (κ1) is 13.9. The quantitative estimate of drug-likeness (QED) is 0.814. The number of hydrogen-bond acceptors (Lipinski definition) is 3. The highest BCUT2D eigenvalue weighted by atomic mass is 16.5. The average molecular weight is 252 g/mol. The van der Waals surface area contributed by atoms with E-state index in [-0.39, 0.29) is 5.54 Å². The lowest BCUT2D eigenvalue weighted by Gasteiger charge is -2.46. The zero-order valence-corrected chi connectivity index (χ0v) is 12.2. The van der Waals surface area contributed by atoms with Crippen LogP contribution < -0.4 is 5.32 Å². The van der Waals surface area contributed by atoms with E-state index in [9.17, 15) is 0 Å². The summed E-state index contributed by atoms with van der Waals surface area (Å²) >= 11 is 0. The second-order valence-electron chi connectivity index (χ2n) is 5.94. The molecule has 1 fully saturated rings. The Morgan fingerprint density at radius 2 is 2.06 bits per heavy atom. The van der Waals surface area contributed by atoms with Gasteiger partial charge in [0, 0.05) is 12.0 Å². The maximum Gasteiger partial charge on any atom is 0.111 e. The van der Waals surface area contributed by atoms with Crippen molar-refractivity contribution < 1.29 is 4.74 Å². The molecule has 2 rings (SSSR count). The van der Waals surface area contributed by atoms with Gasteiger partial charge in [-0.15, -0.1) is 0 Å². The van der Waals surface area contributed by atoms with Crippen LogP contribution in [-0.4, -0.2) is 42.7 Å². The van der Waals surface area contributed by atoms with E-state index < -0.39 is 0 Å². The molecule has 0 aromatic rings. The van der Waals surface area contributed by atoms with Gasteiger partial charge in [-0.2, -0.15) is 0 Å². The molecule has 0 saturated carbocycles. The van der Waals surface area contributed by atoms with Gasteiger partial charge >= 0.3 is 0 Å². The molecule has 0 aromatic carbocycles. The van der Waals surface area contributed by atoms with Crippen molar-refractivity contribution in [3.63, 3.8) is 0 Å². The third-order valence-corrected chi connectivity index (χ3v) is 4.30. The van der Waals surface area contributed by atoms with Gasteiger partial charge in [0.05, 0.1) is 12.6 Å². The summed E-state index contributed by atoms with van der Waals surface area (Å²) in [5, 5.41) is 3.63. The van der Waals surface area contributed by atoms with E-state index >= 15 is 0 Å². The van der Waals surface area contributed by atoms with Crippen LogP contribution in [-0.2, 0) is 4.74 Å². The topological polar surface area (TPSA) is 24.5 Å².